The molecule has 2 fully saturated rings. The van der Waals surface area contributed by atoms with Crippen LogP contribution in [0.25, 0.3) is 0 Å². The predicted octanol–water partition coefficient (Wildman–Crippen LogP) is 4.37. The van der Waals surface area contributed by atoms with Gasteiger partial charge in [-0.3, -0.25) is 0 Å². The summed E-state index contributed by atoms with van der Waals surface area (Å²) in [6, 6.07) is 7.87. The minimum Gasteiger partial charge on any atom is -0.478 e. The van der Waals surface area contributed by atoms with Gasteiger partial charge in [-0.25, -0.2) is 4.79 Å². The Morgan fingerprint density at radius 2 is 1.86 bits per heavy atom. The topological polar surface area (TPSA) is 49.3 Å². The molecule has 0 heterocycles. The highest BCUT2D eigenvalue weighted by Gasteiger charge is 2.35. The Labute approximate surface area is 133 Å². The highest BCUT2D eigenvalue weighted by atomic mass is 16.4. The standard InChI is InChI=1S/C19H27NO2/c21-18(22)16-6-4-5-15(13-16)14-20-17-7-11-19(12-8-17)9-2-1-3-10-19/h4-6,13,17,20H,1-3,7-12,14H2,(H,21,22). The number of carbonyl (C=O) groups is 1. The number of benzene rings is 1. The van der Waals surface area contributed by atoms with Crippen molar-refractivity contribution in [1.82, 2.24) is 5.32 Å². The third kappa shape index (κ3) is 3.70. The Morgan fingerprint density at radius 1 is 1.14 bits per heavy atom. The molecule has 0 aliphatic heterocycles. The summed E-state index contributed by atoms with van der Waals surface area (Å²) in [6.45, 7) is 0.777. The minimum absolute atomic E-state index is 0.379. The van der Waals surface area contributed by atoms with Crippen LogP contribution in [0.2, 0.25) is 0 Å². The fourth-order valence-corrected chi connectivity index (χ4v) is 4.31. The van der Waals surface area contributed by atoms with Crippen molar-refractivity contribution in [2.45, 2.75) is 70.4 Å². The molecule has 0 radical (unpaired) electrons. The Bertz CT molecular complexity index is 510. The normalized spacial score (nSPS) is 21.8. The van der Waals surface area contributed by atoms with E-state index < -0.39 is 5.97 Å². The predicted molar refractivity (Wildman–Crippen MR) is 88.0 cm³/mol. The van der Waals surface area contributed by atoms with Gasteiger partial charge in [-0.1, -0.05) is 31.4 Å². The van der Waals surface area contributed by atoms with Crippen molar-refractivity contribution in [3.05, 3.63) is 35.4 Å². The number of aromatic carboxylic acids is 1. The van der Waals surface area contributed by atoms with Crippen LogP contribution in [0.1, 0.15) is 73.7 Å². The van der Waals surface area contributed by atoms with E-state index >= 15 is 0 Å². The van der Waals surface area contributed by atoms with Gasteiger partial charge in [0.15, 0.2) is 0 Å². The van der Waals surface area contributed by atoms with Gasteiger partial charge in [0.25, 0.3) is 0 Å². The van der Waals surface area contributed by atoms with Crippen molar-refractivity contribution in [2.75, 3.05) is 0 Å². The molecule has 0 saturated heterocycles. The zero-order valence-electron chi connectivity index (χ0n) is 13.3. The van der Waals surface area contributed by atoms with Crippen LogP contribution in [0.15, 0.2) is 24.3 Å². The van der Waals surface area contributed by atoms with Crippen LogP contribution in [-0.4, -0.2) is 17.1 Å². The molecule has 0 amide bonds. The molecule has 1 aromatic carbocycles. The number of hydrogen-bond acceptors (Lipinski definition) is 2. The van der Waals surface area contributed by atoms with Gasteiger partial charge in [0.05, 0.1) is 5.56 Å². The molecule has 1 aromatic rings. The van der Waals surface area contributed by atoms with E-state index in [2.05, 4.69) is 5.32 Å². The fraction of sp³-hybridized carbons (Fsp3) is 0.632. The van der Waals surface area contributed by atoms with Gasteiger partial charge in [-0.15, -0.1) is 0 Å². The molecule has 2 saturated carbocycles. The van der Waals surface area contributed by atoms with Gasteiger partial charge in [0.2, 0.25) is 0 Å². The number of rotatable bonds is 4. The maximum Gasteiger partial charge on any atom is 0.335 e. The lowest BCUT2D eigenvalue weighted by Gasteiger charge is -2.43. The fourth-order valence-electron chi connectivity index (χ4n) is 4.31. The maximum atomic E-state index is 11.0. The van der Waals surface area contributed by atoms with E-state index in [-0.39, 0.29) is 0 Å². The molecule has 3 nitrogen and oxygen atoms in total. The molecule has 22 heavy (non-hydrogen) atoms. The molecule has 0 bridgehead atoms. The maximum absolute atomic E-state index is 11.0. The van der Waals surface area contributed by atoms with Crippen LogP contribution in [0.4, 0.5) is 0 Å². The number of carboxylic acid groups (broad SMARTS) is 1. The summed E-state index contributed by atoms with van der Waals surface area (Å²) in [5, 5.41) is 12.7. The van der Waals surface area contributed by atoms with Crippen LogP contribution in [0.3, 0.4) is 0 Å². The molecule has 2 N–H and O–H groups in total. The lowest BCUT2D eigenvalue weighted by molar-refractivity contribution is 0.0696. The molecular formula is C19H27NO2. The number of hydrogen-bond donors (Lipinski definition) is 2. The Morgan fingerprint density at radius 3 is 2.55 bits per heavy atom. The second-order valence-corrected chi connectivity index (χ2v) is 7.22. The van der Waals surface area contributed by atoms with Crippen LogP contribution >= 0.6 is 0 Å². The molecule has 0 unspecified atom stereocenters. The molecule has 0 aromatic heterocycles. The van der Waals surface area contributed by atoms with Crippen molar-refractivity contribution in [3.8, 4) is 0 Å². The van der Waals surface area contributed by atoms with Crippen LogP contribution in [0.5, 0.6) is 0 Å². The quantitative estimate of drug-likeness (QED) is 0.868. The molecule has 1 spiro atoms. The van der Waals surface area contributed by atoms with E-state index in [0.29, 0.717) is 17.0 Å². The van der Waals surface area contributed by atoms with Crippen molar-refractivity contribution in [1.29, 1.82) is 0 Å². The summed E-state index contributed by atoms with van der Waals surface area (Å²) in [7, 11) is 0. The first-order chi connectivity index (χ1) is 10.7. The van der Waals surface area contributed by atoms with Gasteiger partial charge in [0.1, 0.15) is 0 Å². The molecule has 2 aliphatic rings. The first-order valence-electron chi connectivity index (χ1n) is 8.73. The summed E-state index contributed by atoms with van der Waals surface area (Å²) in [6.07, 6.45) is 12.5. The third-order valence-electron chi connectivity index (χ3n) is 5.73. The van der Waals surface area contributed by atoms with E-state index in [1.165, 1.54) is 57.8 Å². The van der Waals surface area contributed by atoms with Crippen LogP contribution < -0.4 is 5.32 Å². The SMILES string of the molecule is O=C(O)c1cccc(CNC2CCC3(CCCCC3)CC2)c1. The minimum atomic E-state index is -0.848. The highest BCUT2D eigenvalue weighted by Crippen LogP contribution is 2.47. The smallest absolute Gasteiger partial charge is 0.335 e. The number of carboxylic acids is 1. The van der Waals surface area contributed by atoms with E-state index in [1.54, 1.807) is 12.1 Å². The second-order valence-electron chi connectivity index (χ2n) is 7.22. The summed E-state index contributed by atoms with van der Waals surface area (Å²) < 4.78 is 0. The average Bonchev–Trinajstić information content (AvgIpc) is 2.55. The monoisotopic (exact) mass is 301 g/mol. The van der Waals surface area contributed by atoms with E-state index in [9.17, 15) is 4.79 Å². The summed E-state index contributed by atoms with van der Waals surface area (Å²) in [5.41, 5.74) is 2.11. The number of nitrogens with one attached hydrogen (secondary N) is 1. The lowest BCUT2D eigenvalue weighted by Crippen LogP contribution is -2.38. The molecular weight excluding hydrogens is 274 g/mol. The van der Waals surface area contributed by atoms with Crippen molar-refractivity contribution >= 4 is 5.97 Å². The lowest BCUT2D eigenvalue weighted by atomic mass is 9.64. The van der Waals surface area contributed by atoms with Crippen molar-refractivity contribution in [2.24, 2.45) is 5.41 Å². The molecule has 3 heteroatoms. The Balaban J connectivity index is 1.49. The third-order valence-corrected chi connectivity index (χ3v) is 5.73. The van der Waals surface area contributed by atoms with E-state index in [4.69, 9.17) is 5.11 Å². The molecule has 120 valence electrons. The van der Waals surface area contributed by atoms with Gasteiger partial charge in [-0.05, 0) is 61.6 Å². The summed E-state index contributed by atoms with van der Waals surface area (Å²) in [5.74, 6) is -0.848. The Kier molecular flexibility index (Phi) is 4.82. The zero-order valence-corrected chi connectivity index (χ0v) is 13.3. The van der Waals surface area contributed by atoms with E-state index in [0.717, 1.165) is 12.1 Å². The van der Waals surface area contributed by atoms with Gasteiger partial charge in [-0.2, -0.15) is 0 Å². The van der Waals surface area contributed by atoms with Crippen molar-refractivity contribution in [3.63, 3.8) is 0 Å². The summed E-state index contributed by atoms with van der Waals surface area (Å²) in [4.78, 5) is 11.0. The first kappa shape index (κ1) is 15.5. The Hall–Kier alpha value is -1.35. The van der Waals surface area contributed by atoms with Gasteiger partial charge < -0.3 is 10.4 Å². The van der Waals surface area contributed by atoms with Crippen LogP contribution in [-0.2, 0) is 6.54 Å². The molecule has 2 aliphatic carbocycles. The zero-order chi connectivity index (χ0) is 15.4. The molecule has 0 atom stereocenters. The van der Waals surface area contributed by atoms with E-state index in [1.807, 2.05) is 12.1 Å². The average molecular weight is 301 g/mol. The van der Waals surface area contributed by atoms with Gasteiger partial charge in [0, 0.05) is 12.6 Å². The van der Waals surface area contributed by atoms with Crippen LogP contribution in [0, 0.1) is 5.41 Å². The summed E-state index contributed by atoms with van der Waals surface area (Å²) >= 11 is 0. The highest BCUT2D eigenvalue weighted by molar-refractivity contribution is 5.87. The van der Waals surface area contributed by atoms with Gasteiger partial charge >= 0.3 is 5.97 Å². The molecule has 3 rings (SSSR count). The first-order valence-corrected chi connectivity index (χ1v) is 8.73. The second kappa shape index (κ2) is 6.82. The largest absolute Gasteiger partial charge is 0.478 e. The van der Waals surface area contributed by atoms with Crippen molar-refractivity contribution < 1.29 is 9.90 Å².